The van der Waals surface area contributed by atoms with Crippen molar-refractivity contribution in [2.24, 2.45) is 0 Å². The Kier molecular flexibility index (Phi) is 4.14. The lowest BCUT2D eigenvalue weighted by atomic mass is 10.2. The Morgan fingerprint density at radius 1 is 1.32 bits per heavy atom. The van der Waals surface area contributed by atoms with Gasteiger partial charge in [0.15, 0.2) is 20.3 Å². The zero-order valence-electron chi connectivity index (χ0n) is 9.23. The highest BCUT2D eigenvalue weighted by Gasteiger charge is 2.17. The second-order valence-corrected chi connectivity index (χ2v) is 7.11. The molecule has 4 nitrogen and oxygen atoms in total. The first-order chi connectivity index (χ1) is 8.88. The SMILES string of the molecule is O=S(=O)(NCc1ccc(F)c(F)c1)c1cnc(Cl)s1. The molecule has 0 bridgehead atoms. The molecule has 0 radical (unpaired) electrons. The number of benzene rings is 1. The van der Waals surface area contributed by atoms with Gasteiger partial charge in [0.1, 0.15) is 0 Å². The Morgan fingerprint density at radius 2 is 2.05 bits per heavy atom. The van der Waals surface area contributed by atoms with Gasteiger partial charge in [-0.15, -0.1) is 0 Å². The number of aromatic nitrogens is 1. The van der Waals surface area contributed by atoms with Crippen molar-refractivity contribution in [1.29, 1.82) is 0 Å². The van der Waals surface area contributed by atoms with E-state index in [0.717, 1.165) is 29.7 Å². The number of rotatable bonds is 4. The lowest BCUT2D eigenvalue weighted by molar-refractivity contribution is 0.506. The van der Waals surface area contributed by atoms with Gasteiger partial charge >= 0.3 is 0 Å². The Balaban J connectivity index is 2.11. The van der Waals surface area contributed by atoms with Gasteiger partial charge in [0.2, 0.25) is 0 Å². The van der Waals surface area contributed by atoms with E-state index in [4.69, 9.17) is 11.6 Å². The second-order valence-electron chi connectivity index (χ2n) is 3.51. The van der Waals surface area contributed by atoms with Crippen molar-refractivity contribution in [3.63, 3.8) is 0 Å². The van der Waals surface area contributed by atoms with E-state index in [9.17, 15) is 17.2 Å². The van der Waals surface area contributed by atoms with E-state index in [1.165, 1.54) is 6.07 Å². The van der Waals surface area contributed by atoms with Crippen LogP contribution in [0.4, 0.5) is 8.78 Å². The summed E-state index contributed by atoms with van der Waals surface area (Å²) in [7, 11) is -3.76. The van der Waals surface area contributed by atoms with E-state index in [0.29, 0.717) is 5.56 Å². The molecular formula is C10H7ClF2N2O2S2. The molecule has 0 fully saturated rings. The zero-order valence-corrected chi connectivity index (χ0v) is 11.6. The highest BCUT2D eigenvalue weighted by molar-refractivity contribution is 7.91. The fourth-order valence-electron chi connectivity index (χ4n) is 1.26. The van der Waals surface area contributed by atoms with Crippen LogP contribution in [-0.4, -0.2) is 13.4 Å². The minimum atomic E-state index is -3.76. The lowest BCUT2D eigenvalue weighted by Crippen LogP contribution is -2.22. The molecule has 102 valence electrons. The molecule has 0 aliphatic carbocycles. The summed E-state index contributed by atoms with van der Waals surface area (Å²) in [5.74, 6) is -2.02. The number of nitrogens with zero attached hydrogens (tertiary/aromatic N) is 1. The predicted molar refractivity (Wildman–Crippen MR) is 67.5 cm³/mol. The van der Waals surface area contributed by atoms with E-state index in [2.05, 4.69) is 9.71 Å². The maximum atomic E-state index is 12.9. The summed E-state index contributed by atoms with van der Waals surface area (Å²) in [6.07, 6.45) is 1.13. The number of sulfonamides is 1. The third-order valence-electron chi connectivity index (χ3n) is 2.17. The van der Waals surface area contributed by atoms with Crippen LogP contribution in [0.2, 0.25) is 4.47 Å². The van der Waals surface area contributed by atoms with Gasteiger partial charge in [-0.05, 0) is 17.7 Å². The fraction of sp³-hybridized carbons (Fsp3) is 0.100. The van der Waals surface area contributed by atoms with Gasteiger partial charge in [0, 0.05) is 6.54 Å². The molecule has 9 heteroatoms. The van der Waals surface area contributed by atoms with Crippen LogP contribution < -0.4 is 4.72 Å². The Hall–Kier alpha value is -1.09. The zero-order chi connectivity index (χ0) is 14.0. The highest BCUT2D eigenvalue weighted by Crippen LogP contribution is 2.22. The predicted octanol–water partition coefficient (Wildman–Crippen LogP) is 2.55. The second kappa shape index (κ2) is 5.49. The van der Waals surface area contributed by atoms with Crippen molar-refractivity contribution < 1.29 is 17.2 Å². The Labute approximate surface area is 117 Å². The van der Waals surface area contributed by atoms with E-state index in [1.54, 1.807) is 0 Å². The van der Waals surface area contributed by atoms with Crippen LogP contribution in [0.1, 0.15) is 5.56 Å². The van der Waals surface area contributed by atoms with Crippen molar-refractivity contribution in [2.45, 2.75) is 10.8 Å². The van der Waals surface area contributed by atoms with Gasteiger partial charge in [-0.25, -0.2) is 26.9 Å². The van der Waals surface area contributed by atoms with Gasteiger partial charge in [-0.1, -0.05) is 29.0 Å². The molecule has 19 heavy (non-hydrogen) atoms. The van der Waals surface area contributed by atoms with Crippen LogP contribution in [-0.2, 0) is 16.6 Å². The van der Waals surface area contributed by atoms with Gasteiger partial charge in [0.25, 0.3) is 10.0 Å². The molecular weight excluding hydrogens is 318 g/mol. The first kappa shape index (κ1) is 14.3. The molecule has 0 amide bonds. The fourth-order valence-corrected chi connectivity index (χ4v) is 3.62. The van der Waals surface area contributed by atoms with Crippen LogP contribution in [0, 0.1) is 11.6 Å². The molecule has 2 rings (SSSR count). The molecule has 1 aromatic carbocycles. The summed E-state index contributed by atoms with van der Waals surface area (Å²) in [4.78, 5) is 3.62. The third kappa shape index (κ3) is 3.47. The Morgan fingerprint density at radius 3 is 2.63 bits per heavy atom. The van der Waals surface area contributed by atoms with Gasteiger partial charge in [-0.3, -0.25) is 0 Å². The number of nitrogens with one attached hydrogen (secondary N) is 1. The van der Waals surface area contributed by atoms with Crippen LogP contribution in [0.15, 0.2) is 28.6 Å². The van der Waals surface area contributed by atoms with Crippen molar-refractivity contribution in [2.75, 3.05) is 0 Å². The molecule has 0 spiro atoms. The number of hydrogen-bond acceptors (Lipinski definition) is 4. The average molecular weight is 325 g/mol. The molecule has 0 aliphatic rings. The molecule has 1 aromatic heterocycles. The minimum absolute atomic E-state index is 0.0416. The van der Waals surface area contributed by atoms with E-state index in [1.807, 2.05) is 0 Å². The van der Waals surface area contributed by atoms with Crippen LogP contribution >= 0.6 is 22.9 Å². The van der Waals surface area contributed by atoms with Crippen LogP contribution in [0.3, 0.4) is 0 Å². The Bertz CT molecular complexity index is 703. The van der Waals surface area contributed by atoms with Crippen molar-refractivity contribution >= 4 is 33.0 Å². The molecule has 0 unspecified atom stereocenters. The standard InChI is InChI=1S/C10H7ClF2N2O2S2/c11-10-14-5-9(18-10)19(16,17)15-4-6-1-2-7(12)8(13)3-6/h1-3,5,15H,4H2. The van der Waals surface area contributed by atoms with Gasteiger partial charge in [-0.2, -0.15) is 0 Å². The summed E-state index contributed by atoms with van der Waals surface area (Å²) >= 11 is 6.35. The van der Waals surface area contributed by atoms with E-state index >= 15 is 0 Å². The normalized spacial score (nSPS) is 11.7. The van der Waals surface area contributed by atoms with Crippen molar-refractivity contribution in [3.8, 4) is 0 Å². The third-order valence-corrected chi connectivity index (χ3v) is 5.15. The van der Waals surface area contributed by atoms with Crippen LogP contribution in [0.5, 0.6) is 0 Å². The molecule has 0 saturated heterocycles. The number of hydrogen-bond donors (Lipinski definition) is 1. The van der Waals surface area contributed by atoms with E-state index < -0.39 is 21.7 Å². The van der Waals surface area contributed by atoms with Gasteiger partial charge in [0.05, 0.1) is 6.20 Å². The average Bonchev–Trinajstić information content (AvgIpc) is 2.78. The monoisotopic (exact) mass is 324 g/mol. The summed E-state index contributed by atoms with van der Waals surface area (Å²) in [6, 6.07) is 3.15. The number of halogens is 3. The summed E-state index contributed by atoms with van der Waals surface area (Å²) in [6.45, 7) is -0.158. The lowest BCUT2D eigenvalue weighted by Gasteiger charge is -2.04. The molecule has 0 aliphatic heterocycles. The first-order valence-electron chi connectivity index (χ1n) is 4.93. The molecule has 0 saturated carbocycles. The number of thiazole rings is 1. The minimum Gasteiger partial charge on any atom is -0.232 e. The largest absolute Gasteiger partial charge is 0.252 e. The van der Waals surface area contributed by atoms with Crippen LogP contribution in [0.25, 0.3) is 0 Å². The maximum absolute atomic E-state index is 12.9. The topological polar surface area (TPSA) is 59.1 Å². The van der Waals surface area contributed by atoms with Gasteiger partial charge < -0.3 is 0 Å². The van der Waals surface area contributed by atoms with Crippen molar-refractivity contribution in [3.05, 3.63) is 46.1 Å². The van der Waals surface area contributed by atoms with Crippen molar-refractivity contribution in [1.82, 2.24) is 9.71 Å². The summed E-state index contributed by atoms with van der Waals surface area (Å²) < 4.78 is 51.6. The molecule has 1 heterocycles. The maximum Gasteiger partial charge on any atom is 0.252 e. The first-order valence-corrected chi connectivity index (χ1v) is 7.61. The smallest absolute Gasteiger partial charge is 0.232 e. The molecule has 0 atom stereocenters. The molecule has 1 N–H and O–H groups in total. The highest BCUT2D eigenvalue weighted by atomic mass is 35.5. The molecule has 2 aromatic rings. The summed E-state index contributed by atoms with van der Waals surface area (Å²) in [5, 5.41) is 0. The quantitative estimate of drug-likeness (QED) is 0.940. The summed E-state index contributed by atoms with van der Waals surface area (Å²) in [5.41, 5.74) is 0.304. The van der Waals surface area contributed by atoms with E-state index in [-0.39, 0.29) is 15.2 Å².